The largest absolute Gasteiger partial charge is 0.507 e. The van der Waals surface area contributed by atoms with Gasteiger partial charge in [-0.15, -0.1) is 0 Å². The normalized spacial score (nSPS) is 17.6. The number of ether oxygens (including phenoxy) is 1. The molecule has 0 amide bonds. The number of phenolic OH excluding ortho intramolecular Hbond substituents is 1. The number of carbonyl (C=O) groups is 3. The van der Waals surface area contributed by atoms with Gasteiger partial charge >= 0.3 is 0 Å². The van der Waals surface area contributed by atoms with Crippen LogP contribution in [-0.4, -0.2) is 41.3 Å². The number of rotatable bonds is 3. The van der Waals surface area contributed by atoms with E-state index in [1.165, 1.54) is 7.11 Å². The lowest BCUT2D eigenvalue weighted by molar-refractivity contribution is -0.125. The minimum atomic E-state index is -0.546. The van der Waals surface area contributed by atoms with Gasteiger partial charge in [0.2, 0.25) is 0 Å². The molecule has 0 fully saturated rings. The smallest absolute Gasteiger partial charge is 0.198 e. The Morgan fingerprint density at radius 3 is 2.57 bits per heavy atom. The van der Waals surface area contributed by atoms with Crippen molar-refractivity contribution in [1.82, 2.24) is 0 Å². The molecule has 2 aromatic carbocycles. The van der Waals surface area contributed by atoms with E-state index in [2.05, 4.69) is 0 Å². The van der Waals surface area contributed by atoms with Crippen LogP contribution in [0.4, 0.5) is 0 Å². The van der Waals surface area contributed by atoms with Crippen molar-refractivity contribution in [2.45, 2.75) is 26.2 Å². The molecule has 0 heterocycles. The summed E-state index contributed by atoms with van der Waals surface area (Å²) >= 11 is 0. The van der Waals surface area contributed by atoms with E-state index in [0.717, 1.165) is 5.56 Å². The molecule has 1 atom stereocenters. The van der Waals surface area contributed by atoms with Crippen LogP contribution in [0, 0.1) is 12.8 Å². The number of benzene rings is 2. The molecule has 1 unspecified atom stereocenters. The van der Waals surface area contributed by atoms with Crippen molar-refractivity contribution in [3.63, 3.8) is 0 Å². The maximum atomic E-state index is 13.3. The van der Waals surface area contributed by atoms with Gasteiger partial charge in [-0.2, -0.15) is 0 Å². The third kappa shape index (κ3) is 2.41. The van der Waals surface area contributed by atoms with Gasteiger partial charge in [-0.25, -0.2) is 0 Å². The average Bonchev–Trinajstić information content (AvgIpc) is 2.72. The number of Topliss-reactive ketones (excluding diaryl/α,β-unsaturated/α-hetero) is 1. The minimum Gasteiger partial charge on any atom is -0.507 e. The van der Waals surface area contributed by atoms with E-state index >= 15 is 0 Å². The van der Waals surface area contributed by atoms with Crippen LogP contribution in [0.2, 0.25) is 0 Å². The molecule has 6 nitrogen and oxygen atoms in total. The van der Waals surface area contributed by atoms with E-state index < -0.39 is 18.3 Å². The fraction of sp³-hybridized carbons (Fsp3) is 0.318. The van der Waals surface area contributed by atoms with Crippen LogP contribution >= 0.6 is 0 Å². The molecule has 2 aromatic rings. The van der Waals surface area contributed by atoms with Gasteiger partial charge in [0.05, 0.1) is 18.2 Å². The van der Waals surface area contributed by atoms with Gasteiger partial charge in [0.15, 0.2) is 17.3 Å². The van der Waals surface area contributed by atoms with Gasteiger partial charge in [0, 0.05) is 17.0 Å². The Kier molecular flexibility index (Phi) is 4.31. The summed E-state index contributed by atoms with van der Waals surface area (Å²) in [6, 6.07) is 4.81. The number of hydrogen-bond donors (Lipinski definition) is 2. The quantitative estimate of drug-likeness (QED) is 0.722. The molecule has 0 aliphatic heterocycles. The molecular weight excluding hydrogens is 360 g/mol. The van der Waals surface area contributed by atoms with E-state index in [1.54, 1.807) is 25.1 Å². The van der Waals surface area contributed by atoms with Crippen molar-refractivity contribution >= 4 is 17.3 Å². The molecule has 2 aliphatic rings. The van der Waals surface area contributed by atoms with E-state index in [-0.39, 0.29) is 46.0 Å². The first kappa shape index (κ1) is 18.4. The second-order valence-electron chi connectivity index (χ2n) is 7.29. The molecule has 0 saturated carbocycles. The lowest BCUT2D eigenvalue weighted by Gasteiger charge is -2.30. The third-order valence-electron chi connectivity index (χ3n) is 5.94. The second-order valence-corrected chi connectivity index (χ2v) is 7.29. The van der Waals surface area contributed by atoms with Gasteiger partial charge in [-0.05, 0) is 48.9 Å². The number of fused-ring (bicyclic) bond motifs is 3. The van der Waals surface area contributed by atoms with E-state index in [1.807, 2.05) is 0 Å². The lowest BCUT2D eigenvalue weighted by Crippen LogP contribution is -2.29. The van der Waals surface area contributed by atoms with Crippen molar-refractivity contribution < 1.29 is 29.3 Å². The fourth-order valence-electron chi connectivity index (χ4n) is 4.50. The topological polar surface area (TPSA) is 101 Å². The second kappa shape index (κ2) is 6.56. The average molecular weight is 380 g/mol. The van der Waals surface area contributed by atoms with Crippen molar-refractivity contribution in [2.75, 3.05) is 13.7 Å². The van der Waals surface area contributed by atoms with E-state index in [9.17, 15) is 19.5 Å². The summed E-state index contributed by atoms with van der Waals surface area (Å²) < 4.78 is 5.29. The summed E-state index contributed by atoms with van der Waals surface area (Å²) in [6.07, 6.45) is 1.29. The monoisotopic (exact) mass is 380 g/mol. The molecule has 6 heteroatoms. The zero-order valence-electron chi connectivity index (χ0n) is 15.7. The molecule has 2 N–H and O–H groups in total. The predicted octanol–water partition coefficient (Wildman–Crippen LogP) is 2.15. The Morgan fingerprint density at radius 1 is 1.14 bits per heavy atom. The summed E-state index contributed by atoms with van der Waals surface area (Å²) in [5.41, 5.74) is 2.62. The predicted molar refractivity (Wildman–Crippen MR) is 100 cm³/mol. The standard InChI is InChI=1S/C22H20O6/c1-10-12-7-6-11(15(24)9-23)8-14(12)21(26)19-17(10)22(27)18-13(20(19)25)4-3-5-16(18)28-2/h3-5,11,23,26H,6-9H2,1-2H3. The zero-order valence-corrected chi connectivity index (χ0v) is 15.7. The van der Waals surface area contributed by atoms with Crippen LogP contribution in [0.3, 0.4) is 0 Å². The molecule has 144 valence electrons. The number of hydrogen-bond acceptors (Lipinski definition) is 6. The molecule has 0 spiro atoms. The number of methoxy groups -OCH3 is 1. The van der Waals surface area contributed by atoms with Crippen LogP contribution in [0.1, 0.15) is 55.0 Å². The molecule has 2 aliphatic carbocycles. The first-order valence-electron chi connectivity index (χ1n) is 9.17. The molecule has 4 rings (SSSR count). The maximum absolute atomic E-state index is 13.3. The van der Waals surface area contributed by atoms with Crippen LogP contribution in [0.15, 0.2) is 18.2 Å². The van der Waals surface area contributed by atoms with Crippen molar-refractivity contribution in [3.05, 3.63) is 57.1 Å². The number of aliphatic hydroxyl groups is 1. The number of carbonyl (C=O) groups excluding carboxylic acids is 3. The van der Waals surface area contributed by atoms with Crippen molar-refractivity contribution in [1.29, 1.82) is 0 Å². The maximum Gasteiger partial charge on any atom is 0.198 e. The highest BCUT2D eigenvalue weighted by atomic mass is 16.5. The zero-order chi connectivity index (χ0) is 20.2. The summed E-state index contributed by atoms with van der Waals surface area (Å²) in [7, 11) is 1.44. The van der Waals surface area contributed by atoms with Crippen LogP contribution in [-0.2, 0) is 17.6 Å². The summed E-state index contributed by atoms with van der Waals surface area (Å²) in [4.78, 5) is 38.4. The number of aromatic hydroxyl groups is 1. The third-order valence-corrected chi connectivity index (χ3v) is 5.94. The molecule has 28 heavy (non-hydrogen) atoms. The van der Waals surface area contributed by atoms with E-state index in [0.29, 0.717) is 29.7 Å². The lowest BCUT2D eigenvalue weighted by atomic mass is 9.73. The Labute approximate surface area is 161 Å². The summed E-state index contributed by atoms with van der Waals surface area (Å²) in [6.45, 7) is 1.23. The SMILES string of the molecule is COc1cccc2c1C(=O)c1c(C)c3c(c(O)c1C2=O)CC(C(=O)CO)CC3. The van der Waals surface area contributed by atoms with Gasteiger partial charge in [0.25, 0.3) is 0 Å². The fourth-order valence-corrected chi connectivity index (χ4v) is 4.50. The number of aliphatic hydroxyl groups excluding tert-OH is 1. The molecule has 0 bridgehead atoms. The first-order valence-corrected chi connectivity index (χ1v) is 9.17. The van der Waals surface area contributed by atoms with Gasteiger partial charge in [-0.1, -0.05) is 12.1 Å². The van der Waals surface area contributed by atoms with Crippen molar-refractivity contribution in [3.8, 4) is 11.5 Å². The number of ketones is 3. The Balaban J connectivity index is 1.95. The highest BCUT2D eigenvalue weighted by molar-refractivity contribution is 6.31. The first-order chi connectivity index (χ1) is 13.4. The van der Waals surface area contributed by atoms with Crippen LogP contribution in [0.5, 0.6) is 11.5 Å². The van der Waals surface area contributed by atoms with E-state index in [4.69, 9.17) is 9.84 Å². The molecule has 0 radical (unpaired) electrons. The highest BCUT2D eigenvalue weighted by Gasteiger charge is 2.39. The molecular formula is C22H20O6. The Bertz CT molecular complexity index is 1050. The van der Waals surface area contributed by atoms with Gasteiger partial charge < -0.3 is 14.9 Å². The summed E-state index contributed by atoms with van der Waals surface area (Å²) in [5.74, 6) is -1.35. The minimum absolute atomic E-state index is 0.000833. The number of phenols is 1. The summed E-state index contributed by atoms with van der Waals surface area (Å²) in [5, 5.41) is 20.1. The molecule has 0 saturated heterocycles. The van der Waals surface area contributed by atoms with Crippen LogP contribution < -0.4 is 4.74 Å². The van der Waals surface area contributed by atoms with Gasteiger partial charge in [-0.3, -0.25) is 14.4 Å². The van der Waals surface area contributed by atoms with Gasteiger partial charge in [0.1, 0.15) is 18.1 Å². The molecule has 0 aromatic heterocycles. The highest BCUT2D eigenvalue weighted by Crippen LogP contribution is 2.44. The Morgan fingerprint density at radius 2 is 1.89 bits per heavy atom. The van der Waals surface area contributed by atoms with Crippen LogP contribution in [0.25, 0.3) is 0 Å². The van der Waals surface area contributed by atoms with Crippen molar-refractivity contribution in [2.24, 2.45) is 5.92 Å². The Hall–Kier alpha value is -2.99.